The van der Waals surface area contributed by atoms with Crippen LogP contribution in [0.15, 0.2) is 11.6 Å². The van der Waals surface area contributed by atoms with Crippen LogP contribution in [0.1, 0.15) is 65.7 Å². The van der Waals surface area contributed by atoms with Crippen LogP contribution < -0.4 is 0 Å². The lowest BCUT2D eigenvalue weighted by Gasteiger charge is -2.09. The van der Waals surface area contributed by atoms with Crippen LogP contribution in [-0.4, -0.2) is 0 Å². The van der Waals surface area contributed by atoms with Gasteiger partial charge in [0, 0.05) is 0 Å². The molecule has 0 bridgehead atoms. The van der Waals surface area contributed by atoms with E-state index in [0.29, 0.717) is 0 Å². The van der Waals surface area contributed by atoms with Gasteiger partial charge in [0.2, 0.25) is 0 Å². The van der Waals surface area contributed by atoms with Crippen molar-refractivity contribution in [2.24, 2.45) is 11.8 Å². The van der Waals surface area contributed by atoms with Gasteiger partial charge >= 0.3 is 0 Å². The lowest BCUT2D eigenvalue weighted by atomic mass is 9.98. The predicted molar refractivity (Wildman–Crippen MR) is 64.4 cm³/mol. The molecule has 14 heavy (non-hydrogen) atoms. The van der Waals surface area contributed by atoms with Crippen molar-refractivity contribution in [3.63, 3.8) is 0 Å². The van der Waals surface area contributed by atoms with Crippen LogP contribution in [0.5, 0.6) is 0 Å². The van der Waals surface area contributed by atoms with E-state index < -0.39 is 0 Å². The van der Waals surface area contributed by atoms with Crippen molar-refractivity contribution in [1.29, 1.82) is 0 Å². The van der Waals surface area contributed by atoms with Crippen LogP contribution in [-0.2, 0) is 0 Å². The molecule has 0 N–H and O–H groups in total. The summed E-state index contributed by atoms with van der Waals surface area (Å²) >= 11 is 0. The van der Waals surface area contributed by atoms with Gasteiger partial charge in [-0.1, -0.05) is 58.1 Å². The Bertz CT molecular complexity index is 164. The normalized spacial score (nSPS) is 28.6. The Morgan fingerprint density at radius 1 is 1.14 bits per heavy atom. The van der Waals surface area contributed by atoms with E-state index >= 15 is 0 Å². The zero-order valence-corrected chi connectivity index (χ0v) is 10.2. The Morgan fingerprint density at radius 3 is 2.21 bits per heavy atom. The second kappa shape index (κ2) is 6.27. The molecule has 0 aromatic carbocycles. The third-order valence-corrected chi connectivity index (χ3v) is 3.36. The van der Waals surface area contributed by atoms with Crippen LogP contribution in [0.2, 0.25) is 0 Å². The van der Waals surface area contributed by atoms with E-state index in [2.05, 4.69) is 26.8 Å². The van der Waals surface area contributed by atoms with Crippen LogP contribution in [0, 0.1) is 11.8 Å². The summed E-state index contributed by atoms with van der Waals surface area (Å²) in [5.41, 5.74) is 1.75. The predicted octanol–water partition coefficient (Wildman–Crippen LogP) is 4.95. The quantitative estimate of drug-likeness (QED) is 0.339. The Labute approximate surface area is 89.8 Å². The molecule has 0 saturated heterocycles. The molecule has 1 rings (SSSR count). The average Bonchev–Trinajstić information content (AvgIpc) is 2.29. The van der Waals surface area contributed by atoms with Crippen LogP contribution in [0.25, 0.3) is 0 Å². The van der Waals surface area contributed by atoms with Gasteiger partial charge in [-0.2, -0.15) is 0 Å². The maximum absolute atomic E-state index is 2.53. The van der Waals surface area contributed by atoms with E-state index in [1.165, 1.54) is 44.9 Å². The van der Waals surface area contributed by atoms with Crippen molar-refractivity contribution >= 4 is 0 Å². The first kappa shape index (κ1) is 11.8. The van der Waals surface area contributed by atoms with Crippen LogP contribution in [0.3, 0.4) is 0 Å². The molecule has 82 valence electrons. The van der Waals surface area contributed by atoms with Gasteiger partial charge in [-0.3, -0.25) is 0 Å². The van der Waals surface area contributed by atoms with Crippen molar-refractivity contribution in [2.75, 3.05) is 0 Å². The molecule has 0 aromatic heterocycles. The maximum atomic E-state index is 2.53. The Balaban J connectivity index is 2.44. The molecule has 1 saturated carbocycles. The second-order valence-corrected chi connectivity index (χ2v) is 5.20. The fourth-order valence-electron chi connectivity index (χ4n) is 2.43. The van der Waals surface area contributed by atoms with E-state index in [-0.39, 0.29) is 0 Å². The van der Waals surface area contributed by atoms with Gasteiger partial charge in [0.25, 0.3) is 0 Å². The molecule has 1 fully saturated rings. The van der Waals surface area contributed by atoms with Crippen molar-refractivity contribution < 1.29 is 0 Å². The first-order valence-corrected chi connectivity index (χ1v) is 6.40. The number of unbranched alkanes of at least 4 members (excludes halogenated alkanes) is 2. The largest absolute Gasteiger partial charge is 0.0853 e. The first-order valence-electron chi connectivity index (χ1n) is 6.40. The van der Waals surface area contributed by atoms with Gasteiger partial charge in [-0.05, 0) is 31.1 Å². The SMILES string of the molecule is CCCCC=C1CC(C)CCC(C)C1. The van der Waals surface area contributed by atoms with Gasteiger partial charge < -0.3 is 0 Å². The van der Waals surface area contributed by atoms with E-state index in [0.717, 1.165) is 11.8 Å². The van der Waals surface area contributed by atoms with Crippen molar-refractivity contribution in [2.45, 2.75) is 65.7 Å². The Kier molecular flexibility index (Phi) is 5.29. The molecule has 0 amide bonds. The van der Waals surface area contributed by atoms with E-state index in [9.17, 15) is 0 Å². The molecule has 1 aliphatic carbocycles. The summed E-state index contributed by atoms with van der Waals surface area (Å²) in [6, 6.07) is 0. The summed E-state index contributed by atoms with van der Waals surface area (Å²) < 4.78 is 0. The van der Waals surface area contributed by atoms with Crippen molar-refractivity contribution in [3.05, 3.63) is 11.6 Å². The summed E-state index contributed by atoms with van der Waals surface area (Å²) in [4.78, 5) is 0. The highest BCUT2D eigenvalue weighted by atomic mass is 14.2. The van der Waals surface area contributed by atoms with Gasteiger partial charge in [0.1, 0.15) is 0 Å². The Hall–Kier alpha value is -0.260. The molecule has 0 aromatic rings. The maximum Gasteiger partial charge on any atom is -0.0294 e. The van der Waals surface area contributed by atoms with E-state index in [1.54, 1.807) is 5.57 Å². The van der Waals surface area contributed by atoms with Gasteiger partial charge in [0.05, 0.1) is 0 Å². The summed E-state index contributed by atoms with van der Waals surface area (Å²) in [6.45, 7) is 7.09. The lowest BCUT2D eigenvalue weighted by molar-refractivity contribution is 0.476. The second-order valence-electron chi connectivity index (χ2n) is 5.20. The highest BCUT2D eigenvalue weighted by molar-refractivity contribution is 5.05. The molecule has 0 nitrogen and oxygen atoms in total. The molecule has 0 radical (unpaired) electrons. The summed E-state index contributed by atoms with van der Waals surface area (Å²) in [5, 5.41) is 0. The summed E-state index contributed by atoms with van der Waals surface area (Å²) in [7, 11) is 0. The molecule has 0 heteroatoms. The lowest BCUT2D eigenvalue weighted by Crippen LogP contribution is -1.92. The van der Waals surface area contributed by atoms with E-state index in [1.807, 2.05) is 0 Å². The van der Waals surface area contributed by atoms with Crippen molar-refractivity contribution in [1.82, 2.24) is 0 Å². The smallest absolute Gasteiger partial charge is 0.0294 e. The number of hydrogen-bond acceptors (Lipinski definition) is 0. The molecular weight excluding hydrogens is 168 g/mol. The molecule has 0 heterocycles. The minimum Gasteiger partial charge on any atom is -0.0853 e. The number of hydrogen-bond donors (Lipinski definition) is 0. The van der Waals surface area contributed by atoms with Gasteiger partial charge in [0.15, 0.2) is 0 Å². The molecule has 0 aliphatic heterocycles. The van der Waals surface area contributed by atoms with Crippen LogP contribution in [0.4, 0.5) is 0 Å². The monoisotopic (exact) mass is 194 g/mol. The average molecular weight is 194 g/mol. The fourth-order valence-corrected chi connectivity index (χ4v) is 2.43. The molecule has 0 spiro atoms. The van der Waals surface area contributed by atoms with Crippen LogP contribution >= 0.6 is 0 Å². The third-order valence-electron chi connectivity index (χ3n) is 3.36. The fraction of sp³-hybridized carbons (Fsp3) is 0.857. The molecule has 2 unspecified atom stereocenters. The number of rotatable bonds is 3. The summed E-state index contributed by atoms with van der Waals surface area (Å²) in [6.07, 6.45) is 12.1. The zero-order chi connectivity index (χ0) is 10.4. The minimum absolute atomic E-state index is 0.924. The van der Waals surface area contributed by atoms with Gasteiger partial charge in [-0.15, -0.1) is 0 Å². The highest BCUT2D eigenvalue weighted by Gasteiger charge is 2.15. The molecular formula is C14H26. The number of allylic oxidation sites excluding steroid dienone is 2. The van der Waals surface area contributed by atoms with Crippen molar-refractivity contribution in [3.8, 4) is 0 Å². The topological polar surface area (TPSA) is 0 Å². The molecule has 2 atom stereocenters. The standard InChI is InChI=1S/C14H26/c1-4-5-6-7-14-10-12(2)8-9-13(3)11-14/h7,12-13H,4-6,8-11H2,1-3H3. The van der Waals surface area contributed by atoms with Gasteiger partial charge in [-0.25, -0.2) is 0 Å². The zero-order valence-electron chi connectivity index (χ0n) is 10.2. The first-order chi connectivity index (χ1) is 6.72. The van der Waals surface area contributed by atoms with E-state index in [4.69, 9.17) is 0 Å². The third kappa shape index (κ3) is 4.30. The highest BCUT2D eigenvalue weighted by Crippen LogP contribution is 2.30. The minimum atomic E-state index is 0.924. The molecule has 1 aliphatic rings. The Morgan fingerprint density at radius 2 is 1.71 bits per heavy atom. The summed E-state index contributed by atoms with van der Waals surface area (Å²) in [5.74, 6) is 1.85.